The monoisotopic (exact) mass is 178 g/mol. The smallest absolute Gasteiger partial charge is 0.282 e. The van der Waals surface area contributed by atoms with Crippen molar-refractivity contribution in [1.29, 1.82) is 0 Å². The molecule has 3 nitrogen and oxygen atoms in total. The van der Waals surface area contributed by atoms with Crippen LogP contribution in [-0.4, -0.2) is 13.2 Å². The maximum Gasteiger partial charge on any atom is 0.513 e. The summed E-state index contributed by atoms with van der Waals surface area (Å²) in [6, 6.07) is 0. The molecule has 62 valence electrons. The molecule has 0 aromatic heterocycles. The van der Waals surface area contributed by atoms with Crippen LogP contribution in [0, 0.1) is 17.8 Å². The lowest BCUT2D eigenvalue weighted by Crippen LogP contribution is -2.30. The SMILES string of the molecule is C#CC1(C)COP(=O)(F)OC1. The molecule has 1 aliphatic heterocycles. The van der Waals surface area contributed by atoms with Gasteiger partial charge in [-0.15, -0.1) is 10.6 Å². The summed E-state index contributed by atoms with van der Waals surface area (Å²) in [6.45, 7) is 1.56. The summed E-state index contributed by atoms with van der Waals surface area (Å²) >= 11 is 0. The van der Waals surface area contributed by atoms with Crippen molar-refractivity contribution in [1.82, 2.24) is 0 Å². The molecule has 0 unspecified atom stereocenters. The second kappa shape index (κ2) is 2.60. The fourth-order valence-corrected chi connectivity index (χ4v) is 1.55. The van der Waals surface area contributed by atoms with Gasteiger partial charge in [-0.3, -0.25) is 9.05 Å². The molecule has 0 bridgehead atoms. The topological polar surface area (TPSA) is 35.5 Å². The summed E-state index contributed by atoms with van der Waals surface area (Å²) in [6.07, 6.45) is 5.10. The molecule has 0 aromatic rings. The predicted molar refractivity (Wildman–Crippen MR) is 37.6 cm³/mol. The molecule has 1 aliphatic rings. The van der Waals surface area contributed by atoms with E-state index < -0.39 is 13.3 Å². The summed E-state index contributed by atoms with van der Waals surface area (Å²) in [4.78, 5) is 0. The highest BCUT2D eigenvalue weighted by molar-refractivity contribution is 7.48. The summed E-state index contributed by atoms with van der Waals surface area (Å²) in [7, 11) is -4.28. The van der Waals surface area contributed by atoms with Gasteiger partial charge in [-0.05, 0) is 6.92 Å². The van der Waals surface area contributed by atoms with Crippen molar-refractivity contribution in [3.8, 4) is 12.3 Å². The first kappa shape index (κ1) is 8.73. The van der Waals surface area contributed by atoms with Crippen LogP contribution in [0.5, 0.6) is 0 Å². The van der Waals surface area contributed by atoms with E-state index in [9.17, 15) is 8.76 Å². The van der Waals surface area contributed by atoms with E-state index in [2.05, 4.69) is 15.0 Å². The molecule has 5 heteroatoms. The lowest BCUT2D eigenvalue weighted by atomic mass is 9.95. The summed E-state index contributed by atoms with van der Waals surface area (Å²) < 4.78 is 31.4. The van der Waals surface area contributed by atoms with Gasteiger partial charge >= 0.3 is 7.91 Å². The van der Waals surface area contributed by atoms with E-state index in [0.29, 0.717) is 0 Å². The van der Waals surface area contributed by atoms with Crippen LogP contribution < -0.4 is 0 Å². The number of halogens is 1. The zero-order valence-corrected chi connectivity index (χ0v) is 6.94. The number of rotatable bonds is 0. The number of hydrogen-bond donors (Lipinski definition) is 0. The van der Waals surface area contributed by atoms with Gasteiger partial charge in [-0.25, -0.2) is 4.57 Å². The highest BCUT2D eigenvalue weighted by Crippen LogP contribution is 2.54. The molecule has 0 aromatic carbocycles. The first-order chi connectivity index (χ1) is 4.97. The molecule has 0 radical (unpaired) electrons. The molecule has 0 N–H and O–H groups in total. The van der Waals surface area contributed by atoms with Gasteiger partial charge in [0, 0.05) is 0 Å². The second-order valence-corrected chi connectivity index (χ2v) is 4.06. The van der Waals surface area contributed by atoms with Crippen LogP contribution in [0.25, 0.3) is 0 Å². The molecule has 1 saturated heterocycles. The van der Waals surface area contributed by atoms with E-state index in [4.69, 9.17) is 6.42 Å². The lowest BCUT2D eigenvalue weighted by Gasteiger charge is -2.28. The molecule has 11 heavy (non-hydrogen) atoms. The van der Waals surface area contributed by atoms with Crippen LogP contribution in [0.2, 0.25) is 0 Å². The van der Waals surface area contributed by atoms with Crippen molar-refractivity contribution in [2.45, 2.75) is 6.92 Å². The molecule has 0 atom stereocenters. The van der Waals surface area contributed by atoms with Gasteiger partial charge < -0.3 is 0 Å². The first-order valence-corrected chi connectivity index (χ1v) is 4.47. The lowest BCUT2D eigenvalue weighted by molar-refractivity contribution is 0.0480. The summed E-state index contributed by atoms with van der Waals surface area (Å²) in [5, 5.41) is 0. The zero-order valence-electron chi connectivity index (χ0n) is 6.04. The van der Waals surface area contributed by atoms with Gasteiger partial charge in [0.05, 0.1) is 18.6 Å². The van der Waals surface area contributed by atoms with Gasteiger partial charge in [0.2, 0.25) is 0 Å². The van der Waals surface area contributed by atoms with E-state index in [0.717, 1.165) is 0 Å². The average Bonchev–Trinajstić information content (AvgIpc) is 1.97. The first-order valence-electron chi connectivity index (χ1n) is 3.04. The molecule has 0 aliphatic carbocycles. The van der Waals surface area contributed by atoms with Crippen molar-refractivity contribution in [3.63, 3.8) is 0 Å². The fourth-order valence-electron chi connectivity index (χ4n) is 0.601. The molecule has 0 saturated carbocycles. The normalized spacial score (nSPS) is 44.8. The third kappa shape index (κ3) is 2.03. The third-order valence-electron chi connectivity index (χ3n) is 1.42. The van der Waals surface area contributed by atoms with E-state index in [1.807, 2.05) is 0 Å². The highest BCUT2D eigenvalue weighted by Gasteiger charge is 2.38. The quantitative estimate of drug-likeness (QED) is 0.418. The predicted octanol–water partition coefficient (Wildman–Crippen LogP) is 1.75. The Bertz CT molecular complexity index is 233. The minimum atomic E-state index is -4.28. The summed E-state index contributed by atoms with van der Waals surface area (Å²) in [5.41, 5.74) is -0.653. The largest absolute Gasteiger partial charge is 0.513 e. The van der Waals surface area contributed by atoms with Gasteiger partial charge in [-0.2, -0.15) is 0 Å². The molecular weight excluding hydrogens is 170 g/mol. The molecule has 1 heterocycles. The van der Waals surface area contributed by atoms with Gasteiger partial charge in [0.15, 0.2) is 0 Å². The van der Waals surface area contributed by atoms with E-state index in [1.165, 1.54) is 0 Å². The molecule has 1 fully saturated rings. The van der Waals surface area contributed by atoms with Crippen LogP contribution in [-0.2, 0) is 13.6 Å². The number of hydrogen-bond acceptors (Lipinski definition) is 3. The zero-order chi connectivity index (χ0) is 8.54. The van der Waals surface area contributed by atoms with Crippen LogP contribution in [0.4, 0.5) is 4.20 Å². The van der Waals surface area contributed by atoms with Crippen molar-refractivity contribution in [3.05, 3.63) is 0 Å². The van der Waals surface area contributed by atoms with Crippen LogP contribution in [0.15, 0.2) is 0 Å². The Morgan fingerprint density at radius 3 is 2.45 bits per heavy atom. The maximum atomic E-state index is 12.4. The maximum absolute atomic E-state index is 12.4. The van der Waals surface area contributed by atoms with Crippen molar-refractivity contribution < 1.29 is 17.8 Å². The van der Waals surface area contributed by atoms with Gasteiger partial charge in [0.1, 0.15) is 0 Å². The average molecular weight is 178 g/mol. The Balaban J connectivity index is 2.64. The van der Waals surface area contributed by atoms with E-state index in [1.54, 1.807) is 6.92 Å². The molecule has 1 rings (SSSR count). The van der Waals surface area contributed by atoms with Crippen molar-refractivity contribution >= 4 is 7.91 Å². The standard InChI is InChI=1S/C6H8FO3P/c1-3-6(2)4-9-11(7,8)10-5-6/h1H,4-5H2,2H3. The van der Waals surface area contributed by atoms with E-state index in [-0.39, 0.29) is 13.2 Å². The van der Waals surface area contributed by atoms with Crippen molar-refractivity contribution in [2.75, 3.05) is 13.2 Å². The Hall–Kier alpha value is -0.360. The van der Waals surface area contributed by atoms with Crippen LogP contribution >= 0.6 is 7.91 Å². The Morgan fingerprint density at radius 2 is 2.09 bits per heavy atom. The third-order valence-corrected chi connectivity index (χ3v) is 2.30. The van der Waals surface area contributed by atoms with Gasteiger partial charge in [0.25, 0.3) is 0 Å². The Kier molecular flexibility index (Phi) is 2.06. The minimum absolute atomic E-state index is 0.0583. The van der Waals surface area contributed by atoms with Crippen molar-refractivity contribution in [2.24, 2.45) is 5.41 Å². The second-order valence-electron chi connectivity index (χ2n) is 2.68. The summed E-state index contributed by atoms with van der Waals surface area (Å²) in [5.74, 6) is 2.38. The van der Waals surface area contributed by atoms with Crippen LogP contribution in [0.1, 0.15) is 6.92 Å². The molecule has 0 amide bonds. The van der Waals surface area contributed by atoms with Gasteiger partial charge in [-0.1, -0.05) is 5.92 Å². The Morgan fingerprint density at radius 1 is 1.64 bits per heavy atom. The number of terminal acetylenes is 1. The Labute approximate surface area is 64.5 Å². The minimum Gasteiger partial charge on any atom is -0.282 e. The molecule has 0 spiro atoms. The van der Waals surface area contributed by atoms with E-state index >= 15 is 0 Å². The fraction of sp³-hybridized carbons (Fsp3) is 0.667. The highest BCUT2D eigenvalue weighted by atomic mass is 31.2. The molecular formula is C6H8FO3P. The van der Waals surface area contributed by atoms with Crippen LogP contribution in [0.3, 0.4) is 0 Å².